The minimum absolute atomic E-state index is 0.924. The number of thioether (sulfide) groups is 1. The summed E-state index contributed by atoms with van der Waals surface area (Å²) in [5, 5.41) is 2.33. The van der Waals surface area contributed by atoms with Gasteiger partial charge in [-0.15, -0.1) is 0 Å². The zero-order valence-corrected chi connectivity index (χ0v) is 25.9. The quantitative estimate of drug-likeness (QED) is 0.199. The second-order valence-corrected chi connectivity index (χ2v) is 12.9. The highest BCUT2D eigenvalue weighted by molar-refractivity contribution is 7.97. The van der Waals surface area contributed by atoms with Gasteiger partial charge in [0.15, 0.2) is 0 Å². The number of hydrogen-bond donors (Lipinski definition) is 0. The van der Waals surface area contributed by atoms with Gasteiger partial charge in [0.05, 0.1) is 11.4 Å². The molecule has 8 aromatic rings. The van der Waals surface area contributed by atoms with Crippen LogP contribution in [-0.2, 0) is 11.5 Å². The summed E-state index contributed by atoms with van der Waals surface area (Å²) >= 11 is 1.98. The molecular weight excluding hydrogens is 579 g/mol. The molecule has 0 bridgehead atoms. The lowest BCUT2D eigenvalue weighted by atomic mass is 9.89. The maximum Gasteiger partial charge on any atom is 0.136 e. The van der Waals surface area contributed by atoms with E-state index in [0.717, 1.165) is 50.6 Å². The van der Waals surface area contributed by atoms with Crippen molar-refractivity contribution in [3.8, 4) is 55.9 Å². The summed E-state index contributed by atoms with van der Waals surface area (Å²) in [6, 6.07) is 54.2. The molecule has 0 saturated carbocycles. The third-order valence-corrected chi connectivity index (χ3v) is 10.1. The van der Waals surface area contributed by atoms with Crippen molar-refractivity contribution < 1.29 is 4.42 Å². The number of nitrogens with zero attached hydrogens (tertiary/aromatic N) is 1. The zero-order chi connectivity index (χ0) is 30.5. The predicted octanol–water partition coefficient (Wildman–Crippen LogP) is 12.1. The van der Waals surface area contributed by atoms with Crippen molar-refractivity contribution in [2.75, 3.05) is 0 Å². The number of aromatic nitrogens is 1. The molecule has 2 nitrogen and oxygen atoms in total. The highest BCUT2D eigenvalue weighted by Gasteiger charge is 2.19. The van der Waals surface area contributed by atoms with Crippen LogP contribution in [0.25, 0.3) is 77.8 Å². The van der Waals surface area contributed by atoms with Crippen molar-refractivity contribution in [1.82, 2.24) is 4.98 Å². The minimum Gasteiger partial charge on any atom is -0.456 e. The van der Waals surface area contributed by atoms with E-state index in [2.05, 4.69) is 146 Å². The molecule has 218 valence electrons. The number of para-hydroxylation sites is 1. The molecule has 1 aliphatic heterocycles. The average molecular weight is 608 g/mol. The third kappa shape index (κ3) is 4.72. The molecule has 0 atom stereocenters. The van der Waals surface area contributed by atoms with Crippen LogP contribution in [0.2, 0.25) is 0 Å². The van der Waals surface area contributed by atoms with Gasteiger partial charge < -0.3 is 4.42 Å². The van der Waals surface area contributed by atoms with Crippen LogP contribution < -0.4 is 0 Å². The lowest BCUT2D eigenvalue weighted by molar-refractivity contribution is 0.669. The van der Waals surface area contributed by atoms with Crippen LogP contribution in [0.15, 0.2) is 156 Å². The molecule has 0 radical (unpaired) electrons. The zero-order valence-electron chi connectivity index (χ0n) is 25.1. The van der Waals surface area contributed by atoms with Crippen molar-refractivity contribution in [2.24, 2.45) is 0 Å². The number of rotatable bonds is 4. The van der Waals surface area contributed by atoms with Crippen LogP contribution >= 0.6 is 11.8 Å². The number of furan rings is 1. The van der Waals surface area contributed by atoms with Gasteiger partial charge in [-0.25, -0.2) is 4.98 Å². The highest BCUT2D eigenvalue weighted by atomic mass is 32.2. The molecule has 0 fully saturated rings. The number of pyridine rings is 1. The smallest absolute Gasteiger partial charge is 0.136 e. The standard InChI is InChI=1S/C43H29NOS/c1-3-10-28(11-4-1)39-24-34(25-40(44-39)29-12-5-2-6-13-29)30-18-20-32-26-46-27-33-21-19-31(23-38(33)37(32)22-30)35-15-9-17-42-43(35)36-14-7-8-16-41(36)45-42/h1-25H,26-27H2. The lowest BCUT2D eigenvalue weighted by Crippen LogP contribution is -1.93. The van der Waals surface area contributed by atoms with Crippen LogP contribution in [0.4, 0.5) is 0 Å². The van der Waals surface area contributed by atoms with Crippen LogP contribution in [0.1, 0.15) is 11.1 Å². The molecule has 0 amide bonds. The summed E-state index contributed by atoms with van der Waals surface area (Å²) in [6.07, 6.45) is 0. The predicted molar refractivity (Wildman–Crippen MR) is 194 cm³/mol. The molecule has 3 heterocycles. The second kappa shape index (κ2) is 11.2. The van der Waals surface area contributed by atoms with E-state index < -0.39 is 0 Å². The van der Waals surface area contributed by atoms with Crippen molar-refractivity contribution >= 4 is 33.7 Å². The van der Waals surface area contributed by atoms with Crippen LogP contribution in [-0.4, -0.2) is 4.98 Å². The molecule has 46 heavy (non-hydrogen) atoms. The Hall–Kier alpha value is -5.38. The Morgan fingerprint density at radius 3 is 1.72 bits per heavy atom. The van der Waals surface area contributed by atoms with Gasteiger partial charge in [-0.2, -0.15) is 11.8 Å². The Morgan fingerprint density at radius 1 is 0.435 bits per heavy atom. The van der Waals surface area contributed by atoms with E-state index in [-0.39, 0.29) is 0 Å². The largest absolute Gasteiger partial charge is 0.456 e. The van der Waals surface area contributed by atoms with E-state index in [0.29, 0.717) is 0 Å². The minimum atomic E-state index is 0.924. The van der Waals surface area contributed by atoms with Crippen molar-refractivity contribution in [2.45, 2.75) is 11.5 Å². The first-order chi connectivity index (χ1) is 22.8. The fourth-order valence-electron chi connectivity index (χ4n) is 6.75. The van der Waals surface area contributed by atoms with Crippen molar-refractivity contribution in [3.05, 3.63) is 163 Å². The third-order valence-electron chi connectivity index (χ3n) is 9.04. The van der Waals surface area contributed by atoms with E-state index in [1.54, 1.807) is 0 Å². The molecule has 0 N–H and O–H groups in total. The maximum atomic E-state index is 6.24. The Bertz CT molecular complexity index is 2330. The summed E-state index contributed by atoms with van der Waals surface area (Å²) in [7, 11) is 0. The van der Waals surface area contributed by atoms with Gasteiger partial charge in [0.1, 0.15) is 11.2 Å². The Labute approximate surface area is 272 Å². The van der Waals surface area contributed by atoms with E-state index in [9.17, 15) is 0 Å². The molecule has 3 heteroatoms. The summed E-state index contributed by atoms with van der Waals surface area (Å²) in [4.78, 5) is 5.11. The van der Waals surface area contributed by atoms with Gasteiger partial charge in [-0.1, -0.05) is 115 Å². The summed E-state index contributed by atoms with van der Waals surface area (Å²) < 4.78 is 6.24. The van der Waals surface area contributed by atoms with E-state index >= 15 is 0 Å². The van der Waals surface area contributed by atoms with Crippen molar-refractivity contribution in [1.29, 1.82) is 0 Å². The van der Waals surface area contributed by atoms with Crippen molar-refractivity contribution in [3.63, 3.8) is 0 Å². The SMILES string of the molecule is c1ccc(-c2cc(-c3ccc4c(c3)-c3cc(-c5cccc6oc7ccccc7c56)ccc3CSC4)cc(-c3ccccc3)n2)cc1. The molecule has 9 rings (SSSR count). The molecule has 6 aromatic carbocycles. The maximum absolute atomic E-state index is 6.24. The fraction of sp³-hybridized carbons (Fsp3) is 0.0465. The van der Waals surface area contributed by atoms with Crippen LogP contribution in [0.3, 0.4) is 0 Å². The first-order valence-corrected chi connectivity index (χ1v) is 16.8. The van der Waals surface area contributed by atoms with Crippen LogP contribution in [0.5, 0.6) is 0 Å². The molecule has 2 aromatic heterocycles. The average Bonchev–Trinajstić information content (AvgIpc) is 3.41. The van der Waals surface area contributed by atoms with E-state index in [1.807, 2.05) is 17.8 Å². The number of benzene rings is 6. The normalized spacial score (nSPS) is 12.5. The van der Waals surface area contributed by atoms with E-state index in [1.165, 1.54) is 49.9 Å². The van der Waals surface area contributed by atoms with Gasteiger partial charge in [-0.3, -0.25) is 0 Å². The monoisotopic (exact) mass is 607 g/mol. The Balaban J connectivity index is 1.21. The summed E-state index contributed by atoms with van der Waals surface area (Å²) in [6.45, 7) is 0. The van der Waals surface area contributed by atoms with Gasteiger partial charge >= 0.3 is 0 Å². The first-order valence-electron chi connectivity index (χ1n) is 15.7. The Kier molecular flexibility index (Phi) is 6.57. The summed E-state index contributed by atoms with van der Waals surface area (Å²) in [5.41, 5.74) is 16.2. The number of fused-ring (bicyclic) bond motifs is 6. The molecule has 1 aliphatic rings. The molecule has 0 saturated heterocycles. The Morgan fingerprint density at radius 2 is 1.02 bits per heavy atom. The second-order valence-electron chi connectivity index (χ2n) is 11.9. The topological polar surface area (TPSA) is 26.0 Å². The highest BCUT2D eigenvalue weighted by Crippen LogP contribution is 2.43. The van der Waals surface area contributed by atoms with Gasteiger partial charge in [-0.05, 0) is 80.9 Å². The van der Waals surface area contributed by atoms with Gasteiger partial charge in [0.2, 0.25) is 0 Å². The fourth-order valence-corrected chi connectivity index (χ4v) is 7.80. The van der Waals surface area contributed by atoms with E-state index in [4.69, 9.17) is 9.40 Å². The number of hydrogen-bond acceptors (Lipinski definition) is 3. The molecule has 0 unspecified atom stereocenters. The molecular formula is C43H29NOS. The van der Waals surface area contributed by atoms with Gasteiger partial charge in [0.25, 0.3) is 0 Å². The lowest BCUT2D eigenvalue weighted by Gasteiger charge is -2.15. The van der Waals surface area contributed by atoms with Gasteiger partial charge in [0, 0.05) is 33.4 Å². The first kappa shape index (κ1) is 27.0. The summed E-state index contributed by atoms with van der Waals surface area (Å²) in [5.74, 6) is 1.98. The molecule has 0 spiro atoms. The molecule has 0 aliphatic carbocycles. The van der Waals surface area contributed by atoms with Crippen LogP contribution in [0, 0.1) is 0 Å².